The highest BCUT2D eigenvalue weighted by molar-refractivity contribution is 5.93. The van der Waals surface area contributed by atoms with Crippen LogP contribution in [0.5, 0.6) is 0 Å². The first-order valence-electron chi connectivity index (χ1n) is 8.49. The van der Waals surface area contributed by atoms with E-state index < -0.39 is 0 Å². The minimum absolute atomic E-state index is 0.142. The van der Waals surface area contributed by atoms with Gasteiger partial charge in [0.15, 0.2) is 0 Å². The monoisotopic (exact) mass is 346 g/mol. The van der Waals surface area contributed by atoms with Gasteiger partial charge in [-0.1, -0.05) is 13.8 Å². The number of amides is 1. The molecule has 0 bridgehead atoms. The van der Waals surface area contributed by atoms with Gasteiger partial charge in [0, 0.05) is 44.2 Å². The molecule has 0 fully saturated rings. The molecule has 7 heteroatoms. The average molecular weight is 346 g/mol. The number of hydrogen-bond donors (Lipinski definition) is 1. The van der Waals surface area contributed by atoms with E-state index in [-0.39, 0.29) is 22.9 Å². The van der Waals surface area contributed by atoms with Crippen LogP contribution < -0.4 is 5.56 Å². The molecule has 136 valence electrons. The number of carbonyl (C=O) groups excluding carboxylic acids is 1. The van der Waals surface area contributed by atoms with Crippen LogP contribution in [-0.2, 0) is 17.8 Å². The molecule has 0 atom stereocenters. The van der Waals surface area contributed by atoms with Gasteiger partial charge in [0.05, 0.1) is 12.8 Å². The molecule has 2 heterocycles. The van der Waals surface area contributed by atoms with Crippen LogP contribution in [-0.4, -0.2) is 45.8 Å². The minimum atomic E-state index is -0.358. The molecule has 0 unspecified atom stereocenters. The molecule has 2 aromatic rings. The lowest BCUT2D eigenvalue weighted by molar-refractivity contribution is 0.0678. The number of methoxy groups -OCH3 is 1. The Bertz CT molecular complexity index is 764. The topological polar surface area (TPSA) is 80.2 Å². The van der Waals surface area contributed by atoms with Crippen LogP contribution in [0.1, 0.15) is 48.3 Å². The fourth-order valence-electron chi connectivity index (χ4n) is 2.50. The summed E-state index contributed by atoms with van der Waals surface area (Å²) >= 11 is 0. The van der Waals surface area contributed by atoms with Crippen molar-refractivity contribution < 1.29 is 9.53 Å². The Morgan fingerprint density at radius 2 is 2.16 bits per heavy atom. The first-order chi connectivity index (χ1) is 12.0. The lowest BCUT2D eigenvalue weighted by atomic mass is 10.1. The van der Waals surface area contributed by atoms with Gasteiger partial charge in [0.2, 0.25) is 0 Å². The van der Waals surface area contributed by atoms with E-state index in [1.165, 1.54) is 0 Å². The van der Waals surface area contributed by atoms with Gasteiger partial charge in [-0.15, -0.1) is 0 Å². The van der Waals surface area contributed by atoms with Crippen molar-refractivity contribution in [2.24, 2.45) is 0 Å². The molecule has 0 aliphatic heterocycles. The van der Waals surface area contributed by atoms with E-state index in [0.717, 1.165) is 17.8 Å². The summed E-state index contributed by atoms with van der Waals surface area (Å²) in [6.07, 6.45) is 3.64. The molecule has 0 aliphatic rings. The number of nitrogens with one attached hydrogen (secondary N) is 1. The largest absolute Gasteiger partial charge is 0.383 e. The van der Waals surface area contributed by atoms with Crippen molar-refractivity contribution in [2.75, 3.05) is 20.3 Å². The fourth-order valence-corrected chi connectivity index (χ4v) is 2.50. The Balaban J connectivity index is 2.24. The highest BCUT2D eigenvalue weighted by atomic mass is 16.5. The van der Waals surface area contributed by atoms with Crippen molar-refractivity contribution in [2.45, 2.75) is 39.8 Å². The van der Waals surface area contributed by atoms with E-state index in [9.17, 15) is 9.59 Å². The second kappa shape index (κ2) is 8.62. The maximum atomic E-state index is 12.9. The molecule has 2 rings (SSSR count). The van der Waals surface area contributed by atoms with Crippen molar-refractivity contribution >= 4 is 5.91 Å². The standard InChI is InChI=1S/C18H26N4O3/c1-5-22-12-14(10-19-22)11-21(8-9-25-4)18(24)15-6-7-16(13(2)3)20-17(15)23/h6-7,10,12-13H,5,8-9,11H2,1-4H3,(H,20,23). The lowest BCUT2D eigenvalue weighted by Gasteiger charge is -2.21. The summed E-state index contributed by atoms with van der Waals surface area (Å²) in [5.41, 5.74) is 1.52. The molecule has 0 saturated carbocycles. The third-order valence-electron chi connectivity index (χ3n) is 4.02. The van der Waals surface area contributed by atoms with Crippen LogP contribution in [0.25, 0.3) is 0 Å². The van der Waals surface area contributed by atoms with Gasteiger partial charge in [-0.25, -0.2) is 0 Å². The molecule has 2 aromatic heterocycles. The number of rotatable bonds is 8. The van der Waals surface area contributed by atoms with Crippen LogP contribution in [0.3, 0.4) is 0 Å². The van der Waals surface area contributed by atoms with E-state index in [0.29, 0.717) is 19.7 Å². The van der Waals surface area contributed by atoms with Crippen molar-refractivity contribution in [1.29, 1.82) is 0 Å². The highest BCUT2D eigenvalue weighted by Crippen LogP contribution is 2.12. The Kier molecular flexibility index (Phi) is 6.52. The van der Waals surface area contributed by atoms with Crippen LogP contribution in [0.2, 0.25) is 0 Å². The smallest absolute Gasteiger partial charge is 0.261 e. The predicted molar refractivity (Wildman–Crippen MR) is 95.7 cm³/mol. The number of aromatic nitrogens is 3. The lowest BCUT2D eigenvalue weighted by Crippen LogP contribution is -2.36. The first-order valence-corrected chi connectivity index (χ1v) is 8.49. The molecule has 0 saturated heterocycles. The van der Waals surface area contributed by atoms with Crippen LogP contribution in [0, 0.1) is 0 Å². The van der Waals surface area contributed by atoms with Gasteiger partial charge in [-0.3, -0.25) is 14.3 Å². The maximum Gasteiger partial charge on any atom is 0.261 e. The molecular formula is C18H26N4O3. The Morgan fingerprint density at radius 3 is 2.72 bits per heavy atom. The summed E-state index contributed by atoms with van der Waals surface area (Å²) < 4.78 is 6.91. The number of carbonyl (C=O) groups is 1. The van der Waals surface area contributed by atoms with E-state index in [1.807, 2.05) is 27.0 Å². The molecule has 7 nitrogen and oxygen atoms in total. The van der Waals surface area contributed by atoms with Crippen molar-refractivity contribution in [3.8, 4) is 0 Å². The molecule has 1 amide bonds. The zero-order valence-corrected chi connectivity index (χ0v) is 15.3. The van der Waals surface area contributed by atoms with Gasteiger partial charge >= 0.3 is 0 Å². The highest BCUT2D eigenvalue weighted by Gasteiger charge is 2.20. The number of nitrogens with zero attached hydrogens (tertiary/aromatic N) is 3. The SMILES string of the molecule is CCn1cc(CN(CCOC)C(=O)c2ccc(C(C)C)[nH]c2=O)cn1. The van der Waals surface area contributed by atoms with E-state index in [4.69, 9.17) is 4.74 Å². The third-order valence-corrected chi connectivity index (χ3v) is 4.02. The van der Waals surface area contributed by atoms with Gasteiger partial charge < -0.3 is 14.6 Å². The predicted octanol–water partition coefficient (Wildman–Crippen LogP) is 2.00. The normalized spacial score (nSPS) is 11.1. The Hall–Kier alpha value is -2.41. The van der Waals surface area contributed by atoms with Crippen LogP contribution in [0.15, 0.2) is 29.3 Å². The summed E-state index contributed by atoms with van der Waals surface area (Å²) in [7, 11) is 1.59. The molecule has 0 aliphatic carbocycles. The quantitative estimate of drug-likeness (QED) is 0.793. The number of pyridine rings is 1. The second-order valence-electron chi connectivity index (χ2n) is 6.23. The van der Waals surface area contributed by atoms with Crippen LogP contribution in [0.4, 0.5) is 0 Å². The second-order valence-corrected chi connectivity index (χ2v) is 6.23. The third kappa shape index (κ3) is 4.79. The number of aromatic amines is 1. The Labute approximate surface area is 147 Å². The van der Waals surface area contributed by atoms with Gasteiger partial charge in [0.1, 0.15) is 5.56 Å². The van der Waals surface area contributed by atoms with Gasteiger partial charge in [0.25, 0.3) is 11.5 Å². The number of aryl methyl sites for hydroxylation is 1. The summed E-state index contributed by atoms with van der Waals surface area (Å²) in [6.45, 7) is 7.93. The minimum Gasteiger partial charge on any atom is -0.383 e. The van der Waals surface area contributed by atoms with E-state index >= 15 is 0 Å². The van der Waals surface area contributed by atoms with Gasteiger partial charge in [-0.05, 0) is 25.0 Å². The van der Waals surface area contributed by atoms with Crippen LogP contribution >= 0.6 is 0 Å². The molecule has 0 spiro atoms. The van der Waals surface area contributed by atoms with Crippen molar-refractivity contribution in [3.05, 3.63) is 51.7 Å². The number of H-pyrrole nitrogens is 1. The molecule has 25 heavy (non-hydrogen) atoms. The number of ether oxygens (including phenoxy) is 1. The molecule has 0 radical (unpaired) electrons. The zero-order valence-electron chi connectivity index (χ0n) is 15.3. The number of hydrogen-bond acceptors (Lipinski definition) is 4. The Morgan fingerprint density at radius 1 is 1.40 bits per heavy atom. The summed E-state index contributed by atoms with van der Waals surface area (Å²) in [6, 6.07) is 3.40. The van der Waals surface area contributed by atoms with Crippen molar-refractivity contribution in [1.82, 2.24) is 19.7 Å². The van der Waals surface area contributed by atoms with Gasteiger partial charge in [-0.2, -0.15) is 5.10 Å². The maximum absolute atomic E-state index is 12.9. The first kappa shape index (κ1) is 18.9. The average Bonchev–Trinajstić information content (AvgIpc) is 3.05. The van der Waals surface area contributed by atoms with E-state index in [2.05, 4.69) is 10.1 Å². The zero-order chi connectivity index (χ0) is 18.4. The summed E-state index contributed by atoms with van der Waals surface area (Å²) in [5, 5.41) is 4.23. The summed E-state index contributed by atoms with van der Waals surface area (Å²) in [4.78, 5) is 29.6. The molecule has 0 aromatic carbocycles. The van der Waals surface area contributed by atoms with E-state index in [1.54, 1.807) is 35.0 Å². The van der Waals surface area contributed by atoms with Crippen molar-refractivity contribution in [3.63, 3.8) is 0 Å². The molecule has 1 N–H and O–H groups in total. The summed E-state index contributed by atoms with van der Waals surface area (Å²) in [5.74, 6) is -0.112. The molecular weight excluding hydrogens is 320 g/mol. The fraction of sp³-hybridized carbons (Fsp3) is 0.500.